The van der Waals surface area contributed by atoms with Crippen molar-refractivity contribution in [3.63, 3.8) is 0 Å². The van der Waals surface area contributed by atoms with E-state index in [0.29, 0.717) is 17.3 Å². The van der Waals surface area contributed by atoms with Gasteiger partial charge in [0.1, 0.15) is 0 Å². The molecule has 1 amide bonds. The molecule has 0 saturated carbocycles. The summed E-state index contributed by atoms with van der Waals surface area (Å²) >= 11 is 5.99. The number of nitrogens with one attached hydrogen (secondary N) is 1. The Hall–Kier alpha value is -1.14. The lowest BCUT2D eigenvalue weighted by Crippen LogP contribution is -2.44. The Morgan fingerprint density at radius 1 is 1.50 bits per heavy atom. The van der Waals surface area contributed by atoms with E-state index < -0.39 is 12.1 Å². The van der Waals surface area contributed by atoms with E-state index in [2.05, 4.69) is 5.32 Å². The lowest BCUT2D eigenvalue weighted by Gasteiger charge is -2.26. The first-order valence-corrected chi connectivity index (χ1v) is 6.76. The van der Waals surface area contributed by atoms with Crippen LogP contribution in [0.5, 0.6) is 0 Å². The number of benzene rings is 1. The molecule has 0 radical (unpaired) electrons. The van der Waals surface area contributed by atoms with Crippen molar-refractivity contribution in [1.82, 2.24) is 4.90 Å². The second-order valence-electron chi connectivity index (χ2n) is 4.69. The highest BCUT2D eigenvalue weighted by Crippen LogP contribution is 2.20. The number of hydrogen-bond donors (Lipinski definition) is 2. The maximum atomic E-state index is 12.1. The molecule has 0 aliphatic rings. The predicted octanol–water partition coefficient (Wildman–Crippen LogP) is 1.61. The molecule has 1 aromatic rings. The van der Waals surface area contributed by atoms with Crippen molar-refractivity contribution < 1.29 is 14.6 Å². The third-order valence-corrected chi connectivity index (χ3v) is 3.36. The zero-order valence-corrected chi connectivity index (χ0v) is 12.7. The number of ether oxygens (including phenoxy) is 1. The minimum Gasteiger partial charge on any atom is -0.389 e. The smallest absolute Gasteiger partial charge is 0.241 e. The van der Waals surface area contributed by atoms with Crippen molar-refractivity contribution in [3.05, 3.63) is 29.3 Å². The highest BCUT2D eigenvalue weighted by atomic mass is 35.5. The molecular weight excluding hydrogens is 280 g/mol. The molecule has 1 aromatic carbocycles. The number of carbonyl (C=O) groups is 1. The first kappa shape index (κ1) is 16.9. The topological polar surface area (TPSA) is 61.8 Å². The fourth-order valence-electron chi connectivity index (χ4n) is 1.74. The van der Waals surface area contributed by atoms with Gasteiger partial charge in [0.25, 0.3) is 0 Å². The number of aliphatic hydroxyl groups excluding tert-OH is 1. The number of methoxy groups -OCH3 is 1. The van der Waals surface area contributed by atoms with Gasteiger partial charge in [-0.2, -0.15) is 0 Å². The van der Waals surface area contributed by atoms with Crippen LogP contribution >= 0.6 is 11.6 Å². The Kier molecular flexibility index (Phi) is 6.95. The van der Waals surface area contributed by atoms with Crippen LogP contribution in [0, 0.1) is 0 Å². The number of anilines is 1. The van der Waals surface area contributed by atoms with E-state index in [1.54, 1.807) is 43.1 Å². The molecule has 112 valence electrons. The third kappa shape index (κ3) is 5.09. The van der Waals surface area contributed by atoms with E-state index in [4.69, 9.17) is 16.3 Å². The van der Waals surface area contributed by atoms with E-state index in [1.807, 2.05) is 0 Å². The number of nitrogens with zero attached hydrogens (tertiary/aromatic N) is 1. The average Bonchev–Trinajstić information content (AvgIpc) is 2.40. The van der Waals surface area contributed by atoms with Crippen molar-refractivity contribution in [2.75, 3.05) is 32.6 Å². The van der Waals surface area contributed by atoms with Gasteiger partial charge in [-0.3, -0.25) is 9.69 Å². The summed E-state index contributed by atoms with van der Waals surface area (Å²) in [6.45, 7) is 2.36. The molecule has 0 bridgehead atoms. The van der Waals surface area contributed by atoms with Gasteiger partial charge in [-0.05, 0) is 26.1 Å². The van der Waals surface area contributed by atoms with Gasteiger partial charge in [0.05, 0.1) is 29.5 Å². The first-order chi connectivity index (χ1) is 9.45. The maximum Gasteiger partial charge on any atom is 0.241 e. The van der Waals surface area contributed by atoms with Crippen LogP contribution in [0.3, 0.4) is 0 Å². The van der Waals surface area contributed by atoms with Crippen molar-refractivity contribution in [3.8, 4) is 0 Å². The van der Waals surface area contributed by atoms with Crippen LogP contribution < -0.4 is 5.32 Å². The Labute approximate surface area is 124 Å². The zero-order valence-electron chi connectivity index (χ0n) is 12.0. The van der Waals surface area contributed by atoms with Crippen LogP contribution in [-0.4, -0.2) is 55.4 Å². The Morgan fingerprint density at radius 3 is 2.75 bits per heavy atom. The Bertz CT molecular complexity index is 442. The van der Waals surface area contributed by atoms with Gasteiger partial charge in [0.2, 0.25) is 5.91 Å². The van der Waals surface area contributed by atoms with Crippen LogP contribution in [0.4, 0.5) is 5.69 Å². The molecular formula is C14H21ClN2O3. The minimum absolute atomic E-state index is 0.176. The average molecular weight is 301 g/mol. The number of rotatable bonds is 7. The molecule has 20 heavy (non-hydrogen) atoms. The number of aliphatic hydroxyl groups is 1. The van der Waals surface area contributed by atoms with Gasteiger partial charge in [0, 0.05) is 13.7 Å². The highest BCUT2D eigenvalue weighted by Gasteiger charge is 2.20. The number of likely N-dealkylation sites (N-methyl/N-ethyl adjacent to an activating group) is 1. The number of halogens is 1. The van der Waals surface area contributed by atoms with Crippen LogP contribution in [0.2, 0.25) is 5.02 Å². The summed E-state index contributed by atoms with van der Waals surface area (Å²) in [6, 6.07) is 6.67. The molecule has 0 unspecified atom stereocenters. The SMILES string of the molecule is COC[C@@H](O)CN(C)[C@@H](C)C(=O)Nc1ccccc1Cl. The fourth-order valence-corrected chi connectivity index (χ4v) is 1.92. The molecule has 0 aliphatic carbocycles. The van der Waals surface area contributed by atoms with Crippen LogP contribution in [0.25, 0.3) is 0 Å². The summed E-state index contributed by atoms with van der Waals surface area (Å²) < 4.78 is 4.86. The number of para-hydroxylation sites is 1. The number of hydrogen-bond acceptors (Lipinski definition) is 4. The van der Waals surface area contributed by atoms with Gasteiger partial charge in [-0.15, -0.1) is 0 Å². The zero-order chi connectivity index (χ0) is 15.1. The van der Waals surface area contributed by atoms with E-state index >= 15 is 0 Å². The van der Waals surface area contributed by atoms with E-state index in [0.717, 1.165) is 0 Å². The van der Waals surface area contributed by atoms with Gasteiger partial charge in [0.15, 0.2) is 0 Å². The maximum absolute atomic E-state index is 12.1. The molecule has 0 aromatic heterocycles. The van der Waals surface area contributed by atoms with Gasteiger partial charge >= 0.3 is 0 Å². The van der Waals surface area contributed by atoms with Gasteiger partial charge < -0.3 is 15.2 Å². The number of carbonyl (C=O) groups excluding carboxylic acids is 1. The molecule has 0 aliphatic heterocycles. The van der Waals surface area contributed by atoms with Crippen LogP contribution in [0.15, 0.2) is 24.3 Å². The quantitative estimate of drug-likeness (QED) is 0.803. The van der Waals surface area contributed by atoms with E-state index in [-0.39, 0.29) is 12.5 Å². The highest BCUT2D eigenvalue weighted by molar-refractivity contribution is 6.33. The predicted molar refractivity (Wildman–Crippen MR) is 80.1 cm³/mol. The Balaban J connectivity index is 2.56. The van der Waals surface area contributed by atoms with Crippen molar-refractivity contribution in [2.24, 2.45) is 0 Å². The van der Waals surface area contributed by atoms with E-state index in [9.17, 15) is 9.90 Å². The lowest BCUT2D eigenvalue weighted by molar-refractivity contribution is -0.120. The molecule has 0 fully saturated rings. The summed E-state index contributed by atoms with van der Waals surface area (Å²) in [5, 5.41) is 12.9. The van der Waals surface area contributed by atoms with Crippen molar-refractivity contribution in [2.45, 2.75) is 19.1 Å². The summed E-state index contributed by atoms with van der Waals surface area (Å²) in [5.41, 5.74) is 0.580. The summed E-state index contributed by atoms with van der Waals surface area (Å²) in [5.74, 6) is -0.176. The fraction of sp³-hybridized carbons (Fsp3) is 0.500. The molecule has 0 heterocycles. The summed E-state index contributed by atoms with van der Waals surface area (Å²) in [4.78, 5) is 13.9. The molecule has 2 atom stereocenters. The molecule has 0 saturated heterocycles. The molecule has 0 spiro atoms. The second kappa shape index (κ2) is 8.21. The van der Waals surface area contributed by atoms with Gasteiger partial charge in [-0.1, -0.05) is 23.7 Å². The van der Waals surface area contributed by atoms with Crippen molar-refractivity contribution >= 4 is 23.2 Å². The molecule has 1 rings (SSSR count). The van der Waals surface area contributed by atoms with Crippen LogP contribution in [0.1, 0.15) is 6.92 Å². The van der Waals surface area contributed by atoms with E-state index in [1.165, 1.54) is 7.11 Å². The molecule has 2 N–H and O–H groups in total. The van der Waals surface area contributed by atoms with Crippen molar-refractivity contribution in [1.29, 1.82) is 0 Å². The first-order valence-electron chi connectivity index (χ1n) is 6.38. The van der Waals surface area contributed by atoms with Crippen LogP contribution in [-0.2, 0) is 9.53 Å². The molecule has 5 nitrogen and oxygen atoms in total. The second-order valence-corrected chi connectivity index (χ2v) is 5.10. The summed E-state index contributed by atoms with van der Waals surface area (Å²) in [7, 11) is 3.30. The largest absolute Gasteiger partial charge is 0.389 e. The minimum atomic E-state index is -0.624. The lowest BCUT2D eigenvalue weighted by atomic mass is 10.2. The van der Waals surface area contributed by atoms with Gasteiger partial charge in [-0.25, -0.2) is 0 Å². The third-order valence-electron chi connectivity index (χ3n) is 3.03. The molecule has 6 heteroatoms. The summed E-state index contributed by atoms with van der Waals surface area (Å²) in [6.07, 6.45) is -0.624. The standard InChI is InChI=1S/C14H21ClN2O3/c1-10(17(2)8-11(18)9-20-3)14(19)16-13-7-5-4-6-12(13)15/h4-7,10-11,18H,8-9H2,1-3H3,(H,16,19)/t10-,11-/m0/s1. The number of amides is 1. The monoisotopic (exact) mass is 300 g/mol. The normalized spacial score (nSPS) is 14.1. The Morgan fingerprint density at radius 2 is 2.15 bits per heavy atom.